The second kappa shape index (κ2) is 16.7. The van der Waals surface area contributed by atoms with Gasteiger partial charge in [-0.05, 0) is 24.0 Å². The van der Waals surface area contributed by atoms with Crippen LogP contribution in [0.2, 0.25) is 0 Å². The minimum atomic E-state index is -0.947. The average molecular weight is 563 g/mol. The summed E-state index contributed by atoms with van der Waals surface area (Å²) in [6, 6.07) is 15.0. The molecule has 12 heteroatoms. The molecule has 2 amide bonds. The Morgan fingerprint density at radius 1 is 0.684 bits per heavy atom. The lowest BCUT2D eigenvalue weighted by Gasteiger charge is -2.20. The highest BCUT2D eigenvalue weighted by Gasteiger charge is 2.27. The minimum Gasteiger partial charge on any atom is -0.467 e. The van der Waals surface area contributed by atoms with Crippen molar-refractivity contribution in [1.82, 2.24) is 10.6 Å². The number of esters is 2. The summed E-state index contributed by atoms with van der Waals surface area (Å²) in [4.78, 5) is 49.6. The molecule has 0 spiro atoms. The molecule has 0 heterocycles. The van der Waals surface area contributed by atoms with E-state index < -0.39 is 47.9 Å². The fourth-order valence-electron chi connectivity index (χ4n) is 3.33. The van der Waals surface area contributed by atoms with E-state index in [4.69, 9.17) is 20.9 Å². The van der Waals surface area contributed by atoms with Crippen LogP contribution in [0.1, 0.15) is 11.1 Å². The molecule has 0 saturated heterocycles. The molecule has 206 valence electrons. The lowest BCUT2D eigenvalue weighted by Crippen LogP contribution is -2.51. The van der Waals surface area contributed by atoms with Crippen LogP contribution in [0.25, 0.3) is 0 Å². The second-order valence-electron chi connectivity index (χ2n) is 8.33. The van der Waals surface area contributed by atoms with Crippen molar-refractivity contribution in [3.05, 3.63) is 71.8 Å². The minimum absolute atomic E-state index is 0.149. The van der Waals surface area contributed by atoms with E-state index >= 15 is 0 Å². The summed E-state index contributed by atoms with van der Waals surface area (Å²) in [6.45, 7) is 0. The van der Waals surface area contributed by atoms with E-state index in [1.165, 1.54) is 35.8 Å². The number of rotatable bonds is 15. The Kier molecular flexibility index (Phi) is 13.7. The molecule has 2 aromatic rings. The molecule has 38 heavy (non-hydrogen) atoms. The maximum atomic E-state index is 12.6. The highest BCUT2D eigenvalue weighted by atomic mass is 33.1. The third kappa shape index (κ3) is 10.7. The highest BCUT2D eigenvalue weighted by Crippen LogP contribution is 2.24. The van der Waals surface area contributed by atoms with Gasteiger partial charge in [0, 0.05) is 11.5 Å². The molecule has 0 fully saturated rings. The van der Waals surface area contributed by atoms with Gasteiger partial charge in [-0.1, -0.05) is 82.3 Å². The maximum absolute atomic E-state index is 12.6. The van der Waals surface area contributed by atoms with Gasteiger partial charge in [0.1, 0.15) is 12.1 Å². The summed E-state index contributed by atoms with van der Waals surface area (Å²) in [6.07, 6.45) is 0.630. The van der Waals surface area contributed by atoms with Gasteiger partial charge in [-0.2, -0.15) is 0 Å². The van der Waals surface area contributed by atoms with E-state index in [0.29, 0.717) is 12.8 Å². The first-order valence-electron chi connectivity index (χ1n) is 11.8. The first-order valence-corrected chi connectivity index (χ1v) is 14.3. The zero-order valence-electron chi connectivity index (χ0n) is 21.3. The smallest absolute Gasteiger partial charge is 0.329 e. The Hall–Kier alpha value is -3.06. The quantitative estimate of drug-likeness (QED) is 0.139. The van der Waals surface area contributed by atoms with E-state index in [1.54, 1.807) is 0 Å². The number of benzene rings is 2. The molecule has 0 aliphatic carbocycles. The monoisotopic (exact) mass is 562 g/mol. The molecule has 0 aliphatic rings. The SMILES string of the molecule is COC(=O)[C@H](CSSC[C@H](NC(=O)[C@@H](N)Cc1ccccc1)C(=O)OC)NC(=O)[C@@H](N)Cc1ccccc1. The van der Waals surface area contributed by atoms with Crippen molar-refractivity contribution in [3.63, 3.8) is 0 Å². The Morgan fingerprint density at radius 3 is 1.34 bits per heavy atom. The number of ether oxygens (including phenoxy) is 2. The number of methoxy groups -OCH3 is 2. The van der Waals surface area contributed by atoms with Gasteiger partial charge in [0.2, 0.25) is 11.8 Å². The third-order valence-corrected chi connectivity index (χ3v) is 7.85. The largest absolute Gasteiger partial charge is 0.467 e. The fraction of sp³-hybridized carbons (Fsp3) is 0.385. The second-order valence-corrected chi connectivity index (χ2v) is 10.9. The summed E-state index contributed by atoms with van der Waals surface area (Å²) in [7, 11) is 4.91. The van der Waals surface area contributed by atoms with Crippen molar-refractivity contribution in [3.8, 4) is 0 Å². The summed E-state index contributed by atoms with van der Waals surface area (Å²) >= 11 is 0. The number of nitrogens with two attached hydrogens (primary N) is 2. The molecule has 2 aromatic carbocycles. The van der Waals surface area contributed by atoms with Crippen LogP contribution in [0.5, 0.6) is 0 Å². The lowest BCUT2D eigenvalue weighted by atomic mass is 10.1. The zero-order chi connectivity index (χ0) is 27.9. The molecule has 0 aromatic heterocycles. The van der Waals surface area contributed by atoms with Crippen LogP contribution in [0, 0.1) is 0 Å². The standard InChI is InChI=1S/C26H34N4O6S2/c1-35-25(33)21(29-23(31)19(27)13-17-9-5-3-6-10-17)15-37-38-16-22(26(34)36-2)30-24(32)20(28)14-18-11-7-4-8-12-18/h3-12,19-22H,13-16,27-28H2,1-2H3,(H,29,31)(H,30,32)/t19-,20-,21-,22-/m0/s1. The van der Waals surface area contributed by atoms with Crippen LogP contribution in [0.15, 0.2) is 60.7 Å². The summed E-state index contributed by atoms with van der Waals surface area (Å²) in [5, 5.41) is 5.26. The van der Waals surface area contributed by atoms with E-state index in [1.807, 2.05) is 60.7 Å². The van der Waals surface area contributed by atoms with Gasteiger partial charge in [0.05, 0.1) is 26.3 Å². The van der Waals surface area contributed by atoms with Gasteiger partial charge < -0.3 is 31.6 Å². The van der Waals surface area contributed by atoms with Gasteiger partial charge in [0.25, 0.3) is 0 Å². The van der Waals surface area contributed by atoms with Gasteiger partial charge in [0.15, 0.2) is 0 Å². The third-order valence-electron chi connectivity index (χ3n) is 5.43. The van der Waals surface area contributed by atoms with E-state index in [-0.39, 0.29) is 11.5 Å². The number of nitrogens with one attached hydrogen (secondary N) is 2. The molecule has 4 atom stereocenters. The van der Waals surface area contributed by atoms with Crippen molar-refractivity contribution in [2.45, 2.75) is 37.0 Å². The first kappa shape index (κ1) is 31.2. The normalized spacial score (nSPS) is 13.9. The van der Waals surface area contributed by atoms with E-state index in [2.05, 4.69) is 10.6 Å². The first-order chi connectivity index (χ1) is 18.2. The van der Waals surface area contributed by atoms with Crippen LogP contribution >= 0.6 is 21.6 Å². The summed E-state index contributed by atoms with van der Waals surface area (Å²) in [5.74, 6) is -1.91. The van der Waals surface area contributed by atoms with Gasteiger partial charge in [-0.3, -0.25) is 9.59 Å². The van der Waals surface area contributed by atoms with E-state index in [0.717, 1.165) is 11.1 Å². The van der Waals surface area contributed by atoms with E-state index in [9.17, 15) is 19.2 Å². The molecular formula is C26H34N4O6S2. The van der Waals surface area contributed by atoms with Crippen molar-refractivity contribution in [2.24, 2.45) is 11.5 Å². The maximum Gasteiger partial charge on any atom is 0.329 e. The molecule has 0 aliphatic heterocycles. The average Bonchev–Trinajstić information content (AvgIpc) is 2.93. The molecule has 0 radical (unpaired) electrons. The molecule has 6 N–H and O–H groups in total. The van der Waals surface area contributed by atoms with Crippen LogP contribution in [0.4, 0.5) is 0 Å². The Balaban J connectivity index is 1.87. The molecule has 10 nitrogen and oxygen atoms in total. The molecule has 0 saturated carbocycles. The Labute approximate surface area is 230 Å². The predicted octanol–water partition coefficient (Wildman–Crippen LogP) is 0.823. The van der Waals surface area contributed by atoms with Gasteiger partial charge >= 0.3 is 11.9 Å². The van der Waals surface area contributed by atoms with Crippen LogP contribution in [0.3, 0.4) is 0 Å². The Morgan fingerprint density at radius 2 is 1.03 bits per heavy atom. The highest BCUT2D eigenvalue weighted by molar-refractivity contribution is 8.76. The van der Waals surface area contributed by atoms with Crippen LogP contribution in [-0.4, -0.2) is 73.6 Å². The van der Waals surface area contributed by atoms with Crippen molar-refractivity contribution >= 4 is 45.3 Å². The topological polar surface area (TPSA) is 163 Å². The van der Waals surface area contributed by atoms with Crippen LogP contribution in [-0.2, 0) is 41.5 Å². The van der Waals surface area contributed by atoms with Crippen LogP contribution < -0.4 is 22.1 Å². The molecular weight excluding hydrogens is 528 g/mol. The van der Waals surface area contributed by atoms with Crippen molar-refractivity contribution in [2.75, 3.05) is 25.7 Å². The number of carbonyl (C=O) groups is 4. The molecule has 0 unspecified atom stereocenters. The zero-order valence-corrected chi connectivity index (χ0v) is 23.0. The summed E-state index contributed by atoms with van der Waals surface area (Å²) < 4.78 is 9.62. The fourth-order valence-corrected chi connectivity index (χ4v) is 5.63. The lowest BCUT2D eigenvalue weighted by molar-refractivity contribution is -0.144. The predicted molar refractivity (Wildman–Crippen MR) is 149 cm³/mol. The van der Waals surface area contributed by atoms with Gasteiger partial charge in [-0.15, -0.1) is 0 Å². The number of carbonyl (C=O) groups excluding carboxylic acids is 4. The van der Waals surface area contributed by atoms with Crippen molar-refractivity contribution in [1.29, 1.82) is 0 Å². The number of hydrogen-bond acceptors (Lipinski definition) is 10. The number of amides is 2. The molecule has 2 rings (SSSR count). The Bertz CT molecular complexity index is 961. The number of hydrogen-bond donors (Lipinski definition) is 4. The van der Waals surface area contributed by atoms with Gasteiger partial charge in [-0.25, -0.2) is 9.59 Å². The molecule has 0 bridgehead atoms. The van der Waals surface area contributed by atoms with Crippen molar-refractivity contribution < 1.29 is 28.7 Å². The summed E-state index contributed by atoms with van der Waals surface area (Å²) in [5.41, 5.74) is 13.8.